The highest BCUT2D eigenvalue weighted by Gasteiger charge is 2.30. The number of ether oxygens (including phenoxy) is 1. The van der Waals surface area contributed by atoms with Gasteiger partial charge in [-0.3, -0.25) is 14.8 Å². The van der Waals surface area contributed by atoms with E-state index in [1.54, 1.807) is 6.07 Å². The highest BCUT2D eigenvalue weighted by molar-refractivity contribution is 7.90. The van der Waals surface area contributed by atoms with Crippen molar-refractivity contribution in [3.8, 4) is 0 Å². The van der Waals surface area contributed by atoms with Crippen molar-refractivity contribution in [2.24, 2.45) is 10.9 Å². The van der Waals surface area contributed by atoms with Gasteiger partial charge in [-0.1, -0.05) is 6.07 Å². The number of ketones is 1. The summed E-state index contributed by atoms with van der Waals surface area (Å²) >= 11 is 0. The summed E-state index contributed by atoms with van der Waals surface area (Å²) in [5.74, 6) is 0.591. The molecule has 2 aromatic rings. The molecule has 2 fully saturated rings. The number of carbonyl (C=O) groups excluding carboxylic acids is 1. The number of nitrogens with one attached hydrogen (secondary N) is 1. The van der Waals surface area contributed by atoms with Crippen LogP contribution in [0.15, 0.2) is 34.2 Å². The van der Waals surface area contributed by atoms with Gasteiger partial charge in [0, 0.05) is 43.3 Å². The monoisotopic (exact) mass is 467 g/mol. The van der Waals surface area contributed by atoms with Crippen LogP contribution in [0.4, 0.5) is 17.1 Å². The Morgan fingerprint density at radius 3 is 2.70 bits per heavy atom. The van der Waals surface area contributed by atoms with Gasteiger partial charge in [0.2, 0.25) is 0 Å². The molecule has 0 unspecified atom stereocenters. The maximum absolute atomic E-state index is 12.7. The SMILES string of the molecule is CC1=Nc2c(Nc3ccc([C@H]4CCCOC4)cc3S(C)(=O)=O)cc(CC(=O)C3CC3)nc2C1. The summed E-state index contributed by atoms with van der Waals surface area (Å²) in [4.78, 5) is 22.0. The molecule has 0 amide bonds. The molecule has 7 nitrogen and oxygen atoms in total. The Morgan fingerprint density at radius 2 is 2.00 bits per heavy atom. The van der Waals surface area contributed by atoms with Crippen LogP contribution in [0.3, 0.4) is 0 Å². The minimum Gasteiger partial charge on any atom is -0.381 e. The van der Waals surface area contributed by atoms with Crippen LogP contribution < -0.4 is 5.32 Å². The number of Topliss-reactive ketones (excluding diaryl/α,β-unsaturated/α-hetero) is 1. The van der Waals surface area contributed by atoms with Crippen LogP contribution in [0.1, 0.15) is 55.5 Å². The van der Waals surface area contributed by atoms with E-state index in [4.69, 9.17) is 9.72 Å². The van der Waals surface area contributed by atoms with E-state index in [-0.39, 0.29) is 22.5 Å². The number of aromatic nitrogens is 1. The van der Waals surface area contributed by atoms with E-state index in [1.165, 1.54) is 6.26 Å². The largest absolute Gasteiger partial charge is 0.381 e. The molecule has 1 aromatic heterocycles. The summed E-state index contributed by atoms with van der Waals surface area (Å²) < 4.78 is 31.0. The number of nitrogens with zero attached hydrogens (tertiary/aromatic N) is 2. The molecule has 174 valence electrons. The van der Waals surface area contributed by atoms with Gasteiger partial charge in [-0.15, -0.1) is 0 Å². The van der Waals surface area contributed by atoms with E-state index >= 15 is 0 Å². The summed E-state index contributed by atoms with van der Waals surface area (Å²) in [5, 5.41) is 3.32. The maximum Gasteiger partial charge on any atom is 0.177 e. The van der Waals surface area contributed by atoms with Gasteiger partial charge in [-0.25, -0.2) is 8.42 Å². The molecule has 1 aromatic carbocycles. The molecule has 1 aliphatic carbocycles. The molecule has 0 radical (unpaired) electrons. The molecule has 1 N–H and O–H groups in total. The highest BCUT2D eigenvalue weighted by atomic mass is 32.2. The lowest BCUT2D eigenvalue weighted by Crippen LogP contribution is -2.16. The van der Waals surface area contributed by atoms with E-state index in [2.05, 4.69) is 10.3 Å². The third-order valence-electron chi connectivity index (χ3n) is 6.54. The van der Waals surface area contributed by atoms with Gasteiger partial charge < -0.3 is 10.1 Å². The van der Waals surface area contributed by atoms with Gasteiger partial charge in [-0.05, 0) is 56.4 Å². The van der Waals surface area contributed by atoms with Crippen molar-refractivity contribution >= 4 is 38.4 Å². The van der Waals surface area contributed by atoms with Crippen molar-refractivity contribution in [3.63, 3.8) is 0 Å². The second-order valence-corrected chi connectivity index (χ2v) is 11.4. The zero-order valence-electron chi connectivity index (χ0n) is 19.1. The van der Waals surface area contributed by atoms with E-state index in [0.29, 0.717) is 36.5 Å². The third-order valence-corrected chi connectivity index (χ3v) is 7.67. The fraction of sp³-hybridized carbons (Fsp3) is 0.480. The lowest BCUT2D eigenvalue weighted by Gasteiger charge is -2.23. The number of carbonyl (C=O) groups is 1. The fourth-order valence-electron chi connectivity index (χ4n) is 4.64. The number of sulfone groups is 1. The first-order valence-corrected chi connectivity index (χ1v) is 13.5. The lowest BCUT2D eigenvalue weighted by atomic mass is 9.93. The molecule has 3 aliphatic rings. The Morgan fingerprint density at radius 1 is 1.18 bits per heavy atom. The first kappa shape index (κ1) is 22.2. The molecule has 0 spiro atoms. The molecular formula is C25H29N3O4S. The van der Waals surface area contributed by atoms with Crippen LogP contribution in [0.25, 0.3) is 0 Å². The van der Waals surface area contributed by atoms with Crippen molar-refractivity contribution < 1.29 is 17.9 Å². The minimum absolute atomic E-state index is 0.169. The second-order valence-electron chi connectivity index (χ2n) is 9.46. The number of hydrogen-bond acceptors (Lipinski definition) is 7. The molecule has 1 atom stereocenters. The van der Waals surface area contributed by atoms with Crippen LogP contribution in [0, 0.1) is 5.92 Å². The molecule has 5 rings (SSSR count). The Bertz CT molecular complexity index is 1240. The number of pyridine rings is 1. The Hall–Kier alpha value is -2.58. The van der Waals surface area contributed by atoms with Gasteiger partial charge in [-0.2, -0.15) is 0 Å². The van der Waals surface area contributed by atoms with Crippen LogP contribution in [-0.2, 0) is 32.2 Å². The zero-order chi connectivity index (χ0) is 23.2. The smallest absolute Gasteiger partial charge is 0.177 e. The first-order chi connectivity index (χ1) is 15.8. The predicted molar refractivity (Wildman–Crippen MR) is 128 cm³/mol. The standard InChI is InChI=1S/C25H29N3O4S/c1-15-10-21-25(26-15)22(12-19(27-21)13-23(29)16-5-6-16)28-20-8-7-17(11-24(20)33(2,30)31)18-4-3-9-32-14-18/h7-8,11-12,16,18H,3-6,9-10,13-14H2,1-2H3,(H,27,28)/t18-/m0/s1. The Balaban J connectivity index is 1.51. The summed E-state index contributed by atoms with van der Waals surface area (Å²) in [7, 11) is -3.48. The third kappa shape index (κ3) is 4.87. The first-order valence-electron chi connectivity index (χ1n) is 11.6. The van der Waals surface area contributed by atoms with E-state index in [0.717, 1.165) is 54.9 Å². The zero-order valence-corrected chi connectivity index (χ0v) is 19.9. The molecule has 3 heterocycles. The van der Waals surface area contributed by atoms with Crippen LogP contribution in [0.2, 0.25) is 0 Å². The topological polar surface area (TPSA) is 97.7 Å². The number of rotatable bonds is 7. The van der Waals surface area contributed by atoms with E-state index in [9.17, 15) is 13.2 Å². The number of fused-ring (bicyclic) bond motifs is 1. The van der Waals surface area contributed by atoms with Crippen LogP contribution in [-0.4, -0.2) is 44.4 Å². The van der Waals surface area contributed by atoms with Gasteiger partial charge in [0.1, 0.15) is 11.5 Å². The van der Waals surface area contributed by atoms with Gasteiger partial charge in [0.15, 0.2) is 9.84 Å². The second kappa shape index (κ2) is 8.65. The van der Waals surface area contributed by atoms with Crippen molar-refractivity contribution in [1.29, 1.82) is 0 Å². The average Bonchev–Trinajstić information content (AvgIpc) is 3.56. The van der Waals surface area contributed by atoms with Crippen molar-refractivity contribution in [1.82, 2.24) is 4.98 Å². The highest BCUT2D eigenvalue weighted by Crippen LogP contribution is 2.39. The normalized spacial score (nSPS) is 20.3. The summed E-state index contributed by atoms with van der Waals surface area (Å²) in [6.45, 7) is 3.32. The predicted octanol–water partition coefficient (Wildman–Crippen LogP) is 4.29. The molecule has 33 heavy (non-hydrogen) atoms. The lowest BCUT2D eigenvalue weighted by molar-refractivity contribution is -0.119. The summed E-state index contributed by atoms with van der Waals surface area (Å²) in [6, 6.07) is 7.41. The number of aliphatic imine (C=N–C) groups is 1. The number of hydrogen-bond donors (Lipinski definition) is 1. The quantitative estimate of drug-likeness (QED) is 0.652. The van der Waals surface area contributed by atoms with Crippen molar-refractivity contribution in [2.75, 3.05) is 24.8 Å². The summed E-state index contributed by atoms with van der Waals surface area (Å²) in [6.07, 6.45) is 6.05. The number of anilines is 2. The Kier molecular flexibility index (Phi) is 5.82. The molecule has 2 aliphatic heterocycles. The van der Waals surface area contributed by atoms with Gasteiger partial charge >= 0.3 is 0 Å². The van der Waals surface area contributed by atoms with Crippen LogP contribution in [0.5, 0.6) is 0 Å². The molecular weight excluding hydrogens is 438 g/mol. The molecule has 1 saturated heterocycles. The molecule has 1 saturated carbocycles. The van der Waals surface area contributed by atoms with E-state index < -0.39 is 9.84 Å². The van der Waals surface area contributed by atoms with E-state index in [1.807, 2.05) is 25.1 Å². The van der Waals surface area contributed by atoms with Gasteiger partial charge in [0.05, 0.1) is 34.3 Å². The minimum atomic E-state index is -3.48. The fourth-order valence-corrected chi connectivity index (χ4v) is 5.50. The van der Waals surface area contributed by atoms with Crippen LogP contribution >= 0.6 is 0 Å². The summed E-state index contributed by atoms with van der Waals surface area (Å²) in [5.41, 5.74) is 5.37. The Labute approximate surface area is 194 Å². The molecule has 0 bridgehead atoms. The maximum atomic E-state index is 12.7. The molecule has 8 heteroatoms. The van der Waals surface area contributed by atoms with Crippen molar-refractivity contribution in [2.45, 2.75) is 56.3 Å². The van der Waals surface area contributed by atoms with Crippen molar-refractivity contribution in [3.05, 3.63) is 41.2 Å². The number of benzene rings is 1. The van der Waals surface area contributed by atoms with Gasteiger partial charge in [0.25, 0.3) is 0 Å². The average molecular weight is 468 g/mol.